The van der Waals surface area contributed by atoms with Gasteiger partial charge in [0.1, 0.15) is 17.3 Å². The summed E-state index contributed by atoms with van der Waals surface area (Å²) in [6.07, 6.45) is 9.04. The molecule has 1 saturated carbocycles. The first kappa shape index (κ1) is 33.6. The molecule has 52 heavy (non-hydrogen) atoms. The highest BCUT2D eigenvalue weighted by Gasteiger charge is 2.36. The van der Waals surface area contributed by atoms with E-state index in [1.165, 1.54) is 32.1 Å². The summed E-state index contributed by atoms with van der Waals surface area (Å²) < 4.78 is 7.88. The Hall–Kier alpha value is -5.53. The minimum Gasteiger partial charge on any atom is -0.495 e. The van der Waals surface area contributed by atoms with Crippen molar-refractivity contribution in [3.63, 3.8) is 0 Å². The average Bonchev–Trinajstić information content (AvgIpc) is 3.57. The van der Waals surface area contributed by atoms with Crippen molar-refractivity contribution in [2.45, 2.75) is 65.3 Å². The number of aromatic nitrogens is 7. The number of carbonyl (C=O) groups is 1. The maximum absolute atomic E-state index is 13.7. The molecule has 0 unspecified atom stereocenters. The fraction of sp³-hybridized carbons (Fsp3) is 0.447. The molecule has 1 amide bonds. The van der Waals surface area contributed by atoms with Crippen LogP contribution < -0.4 is 25.4 Å². The van der Waals surface area contributed by atoms with E-state index >= 15 is 0 Å². The Morgan fingerprint density at radius 2 is 1.83 bits per heavy atom. The zero-order valence-electron chi connectivity index (χ0n) is 30.2. The number of hydrogen-bond donors (Lipinski definition) is 2. The Kier molecular flexibility index (Phi) is 8.97. The van der Waals surface area contributed by atoms with E-state index in [1.807, 2.05) is 55.3 Å². The van der Waals surface area contributed by atoms with Gasteiger partial charge in [-0.2, -0.15) is 10.1 Å². The number of nitrogens with zero attached hydrogens (tertiary/aromatic N) is 9. The van der Waals surface area contributed by atoms with Crippen LogP contribution in [0.25, 0.3) is 16.5 Å². The molecule has 1 saturated heterocycles. The number of fused-ring (bicyclic) bond motifs is 4. The molecule has 270 valence electrons. The number of aromatic amines is 1. The summed E-state index contributed by atoms with van der Waals surface area (Å²) in [5.41, 5.74) is 3.51. The third-order valence-corrected chi connectivity index (χ3v) is 10.9. The van der Waals surface area contributed by atoms with E-state index in [9.17, 15) is 9.59 Å². The van der Waals surface area contributed by atoms with Crippen molar-refractivity contribution in [3.05, 3.63) is 75.9 Å². The van der Waals surface area contributed by atoms with Crippen molar-refractivity contribution in [1.29, 1.82) is 0 Å². The van der Waals surface area contributed by atoms with Crippen LogP contribution in [-0.4, -0.2) is 85.6 Å². The van der Waals surface area contributed by atoms with Gasteiger partial charge in [0.05, 0.1) is 41.8 Å². The van der Waals surface area contributed by atoms with Gasteiger partial charge < -0.3 is 24.8 Å². The summed E-state index contributed by atoms with van der Waals surface area (Å²) >= 11 is 0. The molecule has 2 aromatic carbocycles. The molecule has 3 aromatic heterocycles. The summed E-state index contributed by atoms with van der Waals surface area (Å²) in [7, 11) is 1.60. The van der Waals surface area contributed by atoms with Crippen LogP contribution in [0.3, 0.4) is 0 Å². The minimum atomic E-state index is -0.210. The highest BCUT2D eigenvalue weighted by Crippen LogP contribution is 2.41. The molecule has 14 nitrogen and oxygen atoms in total. The van der Waals surface area contributed by atoms with Crippen molar-refractivity contribution in [2.24, 2.45) is 5.92 Å². The first-order chi connectivity index (χ1) is 25.3. The molecule has 1 atom stereocenters. The maximum Gasteiger partial charge on any atom is 0.274 e. The minimum absolute atomic E-state index is 0.0660. The Morgan fingerprint density at radius 1 is 1.02 bits per heavy atom. The molecule has 1 aliphatic carbocycles. The molecule has 0 bridgehead atoms. The van der Waals surface area contributed by atoms with Crippen LogP contribution in [0.1, 0.15) is 79.2 Å². The number of amides is 1. The average molecular weight is 704 g/mol. The van der Waals surface area contributed by atoms with Crippen LogP contribution in [0.15, 0.2) is 47.4 Å². The first-order valence-corrected chi connectivity index (χ1v) is 18.4. The smallest absolute Gasteiger partial charge is 0.274 e. The van der Waals surface area contributed by atoms with Gasteiger partial charge >= 0.3 is 0 Å². The summed E-state index contributed by atoms with van der Waals surface area (Å²) in [6, 6.07) is 11.3. The van der Waals surface area contributed by atoms with Gasteiger partial charge in [0.15, 0.2) is 11.6 Å². The topological polar surface area (TPSA) is 150 Å². The van der Waals surface area contributed by atoms with Crippen molar-refractivity contribution < 1.29 is 9.53 Å². The molecule has 2 N–H and O–H groups in total. The van der Waals surface area contributed by atoms with Gasteiger partial charge in [-0.3, -0.25) is 14.2 Å². The largest absolute Gasteiger partial charge is 0.495 e. The van der Waals surface area contributed by atoms with Gasteiger partial charge in [0.25, 0.3) is 11.5 Å². The molecule has 5 heterocycles. The van der Waals surface area contributed by atoms with Crippen LogP contribution in [-0.2, 0) is 0 Å². The molecule has 2 fully saturated rings. The van der Waals surface area contributed by atoms with Crippen LogP contribution in [0.2, 0.25) is 0 Å². The van der Waals surface area contributed by atoms with Crippen molar-refractivity contribution in [1.82, 2.24) is 39.8 Å². The fourth-order valence-corrected chi connectivity index (χ4v) is 8.22. The second kappa shape index (κ2) is 13.9. The number of H-pyrrole nitrogens is 1. The summed E-state index contributed by atoms with van der Waals surface area (Å²) in [5.74, 6) is 4.12. The molecule has 8 rings (SSSR count). The van der Waals surface area contributed by atoms with Crippen molar-refractivity contribution in [3.8, 4) is 11.4 Å². The van der Waals surface area contributed by atoms with Gasteiger partial charge in [-0.25, -0.2) is 10.1 Å². The predicted molar refractivity (Wildman–Crippen MR) is 200 cm³/mol. The summed E-state index contributed by atoms with van der Waals surface area (Å²) in [4.78, 5) is 42.7. The quantitative estimate of drug-likeness (QED) is 0.212. The summed E-state index contributed by atoms with van der Waals surface area (Å²) in [5, 5.41) is 20.6. The number of rotatable bonds is 8. The van der Waals surface area contributed by atoms with E-state index in [1.54, 1.807) is 13.2 Å². The number of hydrogen-bond acceptors (Lipinski definition) is 11. The molecule has 3 aliphatic rings. The second-order valence-corrected chi connectivity index (χ2v) is 14.1. The highest BCUT2D eigenvalue weighted by atomic mass is 16.5. The van der Waals surface area contributed by atoms with Crippen LogP contribution in [0.5, 0.6) is 5.75 Å². The van der Waals surface area contributed by atoms with Crippen LogP contribution in [0.4, 0.5) is 23.1 Å². The third kappa shape index (κ3) is 5.99. The van der Waals surface area contributed by atoms with Gasteiger partial charge in [-0.05, 0) is 63.3 Å². The number of carbonyl (C=O) groups excluding carboxylic acids is 1. The third-order valence-electron chi connectivity index (χ3n) is 10.9. The molecule has 2 aliphatic heterocycles. The number of ether oxygens (including phenoxy) is 1. The molecular formula is C38H45N11O3. The van der Waals surface area contributed by atoms with E-state index in [-0.39, 0.29) is 17.5 Å². The second-order valence-electron chi connectivity index (χ2n) is 14.1. The van der Waals surface area contributed by atoms with E-state index in [2.05, 4.69) is 47.0 Å². The van der Waals surface area contributed by atoms with Crippen LogP contribution in [0, 0.1) is 19.8 Å². The van der Waals surface area contributed by atoms with Crippen LogP contribution >= 0.6 is 0 Å². The van der Waals surface area contributed by atoms with Gasteiger partial charge in [0.2, 0.25) is 5.95 Å². The van der Waals surface area contributed by atoms with Crippen molar-refractivity contribution >= 4 is 39.8 Å². The first-order valence-electron chi connectivity index (χ1n) is 18.4. The van der Waals surface area contributed by atoms with Crippen molar-refractivity contribution in [2.75, 3.05) is 55.0 Å². The normalized spacial score (nSPS) is 17.6. The Bertz CT molecular complexity index is 2180. The van der Waals surface area contributed by atoms with E-state index in [4.69, 9.17) is 14.7 Å². The number of methoxy groups -OCH3 is 1. The zero-order valence-corrected chi connectivity index (χ0v) is 30.2. The fourth-order valence-electron chi connectivity index (χ4n) is 8.22. The van der Waals surface area contributed by atoms with E-state index < -0.39 is 0 Å². The molecule has 0 radical (unpaired) electrons. The standard InChI is InChI=1S/C38H45N11O3/c1-5-29-35-44-43-24(3)49(35)31-21-39-38(41-34(31)48(29)22-25-10-7-6-8-11-25)40-28-15-14-26(20-32(28)52-4)37(51)47-18-16-46(17-19-47)30-13-9-12-27-23(2)42-45-36(50)33(27)30/h9,12-15,20-21,25,29H,5-8,10-11,16-19,22H2,1-4H3,(H,45,50)(H,39,40,41)/t29-/m1/s1. The lowest BCUT2D eigenvalue weighted by atomic mass is 9.88. The molecule has 14 heteroatoms. The number of benzene rings is 2. The van der Waals surface area contributed by atoms with E-state index in [0.29, 0.717) is 60.4 Å². The molecule has 0 spiro atoms. The van der Waals surface area contributed by atoms with Gasteiger partial charge in [-0.15, -0.1) is 10.2 Å². The Labute approximate surface area is 302 Å². The molecular weight excluding hydrogens is 658 g/mol. The number of anilines is 4. The lowest BCUT2D eigenvalue weighted by molar-refractivity contribution is 0.0746. The zero-order chi connectivity index (χ0) is 35.9. The maximum atomic E-state index is 13.7. The SMILES string of the molecule is CC[C@@H]1c2nnc(C)n2-c2cnc(Nc3ccc(C(=O)N4CCN(c5cccc6c(C)n[nH]c(=O)c56)CC4)cc3OC)nc2N1CC1CCCCC1. The lowest BCUT2D eigenvalue weighted by Crippen LogP contribution is -2.49. The van der Waals surface area contributed by atoms with Gasteiger partial charge in [0, 0.05) is 43.7 Å². The molecule has 5 aromatic rings. The number of nitrogens with one attached hydrogen (secondary N) is 2. The Morgan fingerprint density at radius 3 is 2.60 bits per heavy atom. The predicted octanol–water partition coefficient (Wildman–Crippen LogP) is 5.48. The van der Waals surface area contributed by atoms with E-state index in [0.717, 1.165) is 52.9 Å². The summed E-state index contributed by atoms with van der Waals surface area (Å²) in [6.45, 7) is 9.21. The monoisotopic (exact) mass is 703 g/mol. The van der Waals surface area contributed by atoms with Gasteiger partial charge in [-0.1, -0.05) is 38.3 Å². The Balaban J connectivity index is 1.01. The highest BCUT2D eigenvalue weighted by molar-refractivity contribution is 5.97. The number of piperazine rings is 1. The number of aryl methyl sites for hydroxylation is 2. The lowest BCUT2D eigenvalue weighted by Gasteiger charge is -2.39.